The first-order chi connectivity index (χ1) is 9.11. The average Bonchev–Trinajstić information content (AvgIpc) is 2.95. The molecule has 0 radical (unpaired) electrons. The predicted octanol–water partition coefficient (Wildman–Crippen LogP) is 1.94. The monoisotopic (exact) mass is 307 g/mol. The van der Waals surface area contributed by atoms with E-state index < -0.39 is 6.43 Å². The number of aromatic nitrogens is 5. The molecule has 0 aromatic carbocycles. The first kappa shape index (κ1) is 14.3. The van der Waals surface area contributed by atoms with Crippen LogP contribution in [0.2, 0.25) is 0 Å². The van der Waals surface area contributed by atoms with Crippen molar-refractivity contribution in [3.63, 3.8) is 0 Å². The highest BCUT2D eigenvalue weighted by Gasteiger charge is 2.19. The third kappa shape index (κ3) is 3.45. The topological polar surface area (TPSA) is 65.7 Å². The fourth-order valence-electron chi connectivity index (χ4n) is 1.26. The van der Waals surface area contributed by atoms with Gasteiger partial charge in [0, 0.05) is 20.6 Å². The number of methoxy groups -OCH3 is 1. The summed E-state index contributed by atoms with van der Waals surface area (Å²) in [6.45, 7) is 0.542. The van der Waals surface area contributed by atoms with Crippen LogP contribution in [0, 0.1) is 0 Å². The summed E-state index contributed by atoms with van der Waals surface area (Å²) < 4.78 is 36.1. The number of hydrogen-bond donors (Lipinski definition) is 0. The summed E-state index contributed by atoms with van der Waals surface area (Å²) in [5.41, 5.74) is 0. The van der Waals surface area contributed by atoms with E-state index in [9.17, 15) is 8.78 Å². The van der Waals surface area contributed by atoms with Crippen LogP contribution in [-0.4, -0.2) is 37.8 Å². The third-order valence-corrected chi connectivity index (χ3v) is 4.05. The minimum atomic E-state index is -2.64. The van der Waals surface area contributed by atoms with Crippen molar-refractivity contribution in [2.45, 2.75) is 22.3 Å². The second-order valence-corrected chi connectivity index (χ2v) is 5.49. The highest BCUT2D eigenvalue weighted by atomic mass is 32.2. The van der Waals surface area contributed by atoms with E-state index in [4.69, 9.17) is 4.74 Å². The lowest BCUT2D eigenvalue weighted by Crippen LogP contribution is -1.99. The standard InChI is InChI=1S/C9H11F2N5OS2/c1-16-7(6(10)11)13-14-8(16)18-9-12-5(15-19-9)3-4-17-2/h6H,3-4H2,1-2H3. The van der Waals surface area contributed by atoms with Gasteiger partial charge in [0.2, 0.25) is 5.82 Å². The Morgan fingerprint density at radius 2 is 2.21 bits per heavy atom. The number of rotatable bonds is 6. The van der Waals surface area contributed by atoms with Crippen molar-refractivity contribution in [3.8, 4) is 0 Å². The molecule has 2 heterocycles. The molecule has 0 saturated carbocycles. The molecule has 2 rings (SSSR count). The Labute approximate surface area is 116 Å². The lowest BCUT2D eigenvalue weighted by Gasteiger charge is -2.00. The Bertz CT molecular complexity index is 544. The molecule has 0 unspecified atom stereocenters. The highest BCUT2D eigenvalue weighted by Crippen LogP contribution is 2.29. The van der Waals surface area contributed by atoms with Gasteiger partial charge in [0.05, 0.1) is 6.61 Å². The van der Waals surface area contributed by atoms with Crippen molar-refractivity contribution in [2.24, 2.45) is 7.05 Å². The third-order valence-electron chi connectivity index (χ3n) is 2.22. The highest BCUT2D eigenvalue weighted by molar-refractivity contribution is 8.00. The molecule has 6 nitrogen and oxygen atoms in total. The maximum Gasteiger partial charge on any atom is 0.297 e. The second-order valence-electron chi connectivity index (χ2n) is 3.52. The number of hydrogen-bond acceptors (Lipinski definition) is 7. The Morgan fingerprint density at radius 1 is 1.42 bits per heavy atom. The fraction of sp³-hybridized carbons (Fsp3) is 0.556. The van der Waals surface area contributed by atoms with Crippen molar-refractivity contribution >= 4 is 23.3 Å². The maximum atomic E-state index is 12.6. The molecule has 2 aromatic rings. The molecule has 0 spiro atoms. The van der Waals surface area contributed by atoms with Crippen molar-refractivity contribution < 1.29 is 13.5 Å². The van der Waals surface area contributed by atoms with Gasteiger partial charge in [-0.15, -0.1) is 10.2 Å². The van der Waals surface area contributed by atoms with Gasteiger partial charge in [-0.2, -0.15) is 4.37 Å². The van der Waals surface area contributed by atoms with Gasteiger partial charge in [-0.1, -0.05) is 0 Å². The van der Waals surface area contributed by atoms with E-state index in [0.29, 0.717) is 28.3 Å². The summed E-state index contributed by atoms with van der Waals surface area (Å²) in [4.78, 5) is 4.26. The molecule has 0 saturated heterocycles. The smallest absolute Gasteiger partial charge is 0.297 e. The molecule has 2 aromatic heterocycles. The summed E-state index contributed by atoms with van der Waals surface area (Å²) >= 11 is 2.37. The summed E-state index contributed by atoms with van der Waals surface area (Å²) in [6, 6.07) is 0. The first-order valence-electron chi connectivity index (χ1n) is 5.28. The van der Waals surface area contributed by atoms with E-state index in [1.807, 2.05) is 0 Å². The number of ether oxygens (including phenoxy) is 1. The Kier molecular flexibility index (Phi) is 4.77. The van der Waals surface area contributed by atoms with Crippen LogP contribution in [0.3, 0.4) is 0 Å². The molecule has 0 bridgehead atoms. The normalized spacial score (nSPS) is 11.4. The fourth-order valence-corrected chi connectivity index (χ4v) is 2.82. The Morgan fingerprint density at radius 3 is 2.84 bits per heavy atom. The van der Waals surface area contributed by atoms with Gasteiger partial charge in [0.15, 0.2) is 9.50 Å². The molecular formula is C9H11F2N5OS2. The van der Waals surface area contributed by atoms with Crippen molar-refractivity contribution in [3.05, 3.63) is 11.6 Å². The summed E-state index contributed by atoms with van der Waals surface area (Å²) in [7, 11) is 3.10. The lowest BCUT2D eigenvalue weighted by atomic mass is 10.4. The molecule has 104 valence electrons. The number of alkyl halides is 2. The van der Waals surface area contributed by atoms with Crippen LogP contribution in [0.25, 0.3) is 0 Å². The molecule has 0 aliphatic rings. The maximum absolute atomic E-state index is 12.6. The van der Waals surface area contributed by atoms with Crippen molar-refractivity contribution in [1.29, 1.82) is 0 Å². The molecule has 0 aliphatic heterocycles. The van der Waals surface area contributed by atoms with Gasteiger partial charge in [-0.05, 0) is 23.3 Å². The van der Waals surface area contributed by atoms with E-state index in [2.05, 4.69) is 19.6 Å². The molecule has 10 heteroatoms. The van der Waals surface area contributed by atoms with Crippen molar-refractivity contribution in [2.75, 3.05) is 13.7 Å². The predicted molar refractivity (Wildman–Crippen MR) is 65.6 cm³/mol. The number of nitrogens with zero attached hydrogens (tertiary/aromatic N) is 5. The minimum Gasteiger partial charge on any atom is -0.384 e. The quantitative estimate of drug-likeness (QED) is 0.812. The minimum absolute atomic E-state index is 0.355. The van der Waals surface area contributed by atoms with Gasteiger partial charge in [0.1, 0.15) is 5.82 Å². The SMILES string of the molecule is COCCc1nsc(Sc2nnc(C(F)F)n2C)n1. The van der Waals surface area contributed by atoms with E-state index in [-0.39, 0.29) is 5.82 Å². The first-order valence-corrected chi connectivity index (χ1v) is 6.87. The zero-order valence-electron chi connectivity index (χ0n) is 10.2. The summed E-state index contributed by atoms with van der Waals surface area (Å²) in [5.74, 6) is 0.317. The van der Waals surface area contributed by atoms with Crippen LogP contribution in [0.4, 0.5) is 8.78 Å². The van der Waals surface area contributed by atoms with E-state index >= 15 is 0 Å². The van der Waals surface area contributed by atoms with Gasteiger partial charge in [-0.3, -0.25) is 0 Å². The molecule has 0 atom stereocenters. The molecule has 0 aliphatic carbocycles. The Balaban J connectivity index is 2.06. The van der Waals surface area contributed by atoms with Crippen LogP contribution in [0.5, 0.6) is 0 Å². The lowest BCUT2D eigenvalue weighted by molar-refractivity contribution is 0.135. The molecule has 0 amide bonds. The van der Waals surface area contributed by atoms with Crippen LogP contribution < -0.4 is 0 Å². The molecular weight excluding hydrogens is 296 g/mol. The zero-order valence-corrected chi connectivity index (χ0v) is 11.8. The van der Waals surface area contributed by atoms with Crippen LogP contribution in [-0.2, 0) is 18.2 Å². The van der Waals surface area contributed by atoms with E-state index in [0.717, 1.165) is 0 Å². The molecule has 0 N–H and O–H groups in total. The van der Waals surface area contributed by atoms with Crippen LogP contribution >= 0.6 is 23.3 Å². The average molecular weight is 307 g/mol. The molecule has 0 fully saturated rings. The van der Waals surface area contributed by atoms with E-state index in [1.165, 1.54) is 34.9 Å². The van der Waals surface area contributed by atoms with Gasteiger partial charge < -0.3 is 9.30 Å². The van der Waals surface area contributed by atoms with Crippen molar-refractivity contribution in [1.82, 2.24) is 24.1 Å². The Hall–Kier alpha value is -1.13. The summed E-state index contributed by atoms with van der Waals surface area (Å²) in [6.07, 6.45) is -2.02. The van der Waals surface area contributed by atoms with E-state index in [1.54, 1.807) is 7.11 Å². The second kappa shape index (κ2) is 6.35. The number of halogens is 2. The van der Waals surface area contributed by atoms with Gasteiger partial charge in [0.25, 0.3) is 6.43 Å². The van der Waals surface area contributed by atoms with Crippen LogP contribution in [0.1, 0.15) is 18.1 Å². The van der Waals surface area contributed by atoms with Gasteiger partial charge >= 0.3 is 0 Å². The molecule has 19 heavy (non-hydrogen) atoms. The largest absolute Gasteiger partial charge is 0.384 e. The van der Waals surface area contributed by atoms with Crippen LogP contribution in [0.15, 0.2) is 9.50 Å². The zero-order chi connectivity index (χ0) is 13.8. The van der Waals surface area contributed by atoms with Gasteiger partial charge in [-0.25, -0.2) is 13.8 Å². The summed E-state index contributed by atoms with van der Waals surface area (Å²) in [5, 5.41) is 7.53.